The molecule has 0 radical (unpaired) electrons. The molecule has 0 heterocycles. The number of hydrogen-bond acceptors (Lipinski definition) is 11. The predicted octanol–water partition coefficient (Wildman–Crippen LogP) is 6.55. The Morgan fingerprint density at radius 2 is 1.00 bits per heavy atom. The van der Waals surface area contributed by atoms with E-state index >= 15 is 0 Å². The minimum atomic E-state index is -1.23. The van der Waals surface area contributed by atoms with Crippen LogP contribution in [0.25, 0.3) is 10.8 Å². The van der Waals surface area contributed by atoms with Gasteiger partial charge in [0.25, 0.3) is 0 Å². The summed E-state index contributed by atoms with van der Waals surface area (Å²) in [5.74, 6) is -4.03. The van der Waals surface area contributed by atoms with Crippen molar-refractivity contribution in [2.45, 2.75) is 185 Å². The number of hydrogen-bond donors (Lipinski definition) is 10. The van der Waals surface area contributed by atoms with Crippen LogP contribution < -0.4 is 37.2 Å². The van der Waals surface area contributed by atoms with Gasteiger partial charge in [-0.25, -0.2) is 9.59 Å². The van der Waals surface area contributed by atoms with E-state index in [9.17, 15) is 58.5 Å². The van der Waals surface area contributed by atoms with Gasteiger partial charge in [0, 0.05) is 50.6 Å². The van der Waals surface area contributed by atoms with Crippen LogP contribution >= 0.6 is 0 Å². The van der Waals surface area contributed by atoms with Crippen LogP contribution in [0.1, 0.15) is 153 Å². The molecule has 3 aromatic rings. The van der Waals surface area contributed by atoms with Gasteiger partial charge in [0.2, 0.25) is 23.6 Å². The zero-order chi connectivity index (χ0) is 56.8. The second kappa shape index (κ2) is 34.8. The van der Waals surface area contributed by atoms with Crippen LogP contribution in [0.3, 0.4) is 0 Å². The van der Waals surface area contributed by atoms with Crippen molar-refractivity contribution >= 4 is 63.9 Å². The number of phenolic OH excluding ortho intramolecular Hbond substituents is 1. The van der Waals surface area contributed by atoms with Gasteiger partial charge in [0.15, 0.2) is 11.6 Å². The first kappa shape index (κ1) is 63.6. The van der Waals surface area contributed by atoms with E-state index < -0.39 is 60.0 Å². The van der Waals surface area contributed by atoms with Crippen LogP contribution in [-0.2, 0) is 51.2 Å². The molecule has 2 saturated carbocycles. The monoisotopic (exact) mass is 1080 g/mol. The van der Waals surface area contributed by atoms with Crippen molar-refractivity contribution in [2.24, 2.45) is 11.8 Å². The van der Waals surface area contributed by atoms with E-state index in [-0.39, 0.29) is 73.1 Å². The number of fused-ring (bicyclic) bond motifs is 1. The lowest BCUT2D eigenvalue weighted by molar-refractivity contribution is -0.142. The number of carbonyl (C=O) groups is 9. The molecule has 5 unspecified atom stereocenters. The first-order valence-corrected chi connectivity index (χ1v) is 28.3. The van der Waals surface area contributed by atoms with Crippen LogP contribution in [-0.4, -0.2) is 119 Å². The Morgan fingerprint density at radius 3 is 1.51 bits per heavy atom. The number of likely N-dealkylation sites (N-methyl/N-ethyl adjacent to an activating group) is 1. The van der Waals surface area contributed by atoms with Crippen molar-refractivity contribution in [1.29, 1.82) is 0 Å². The van der Waals surface area contributed by atoms with E-state index in [1.807, 2.05) is 56.3 Å². The highest BCUT2D eigenvalue weighted by atomic mass is 16.4. The highest BCUT2D eigenvalue weighted by molar-refractivity contribution is 5.94. The maximum absolute atomic E-state index is 13.8. The van der Waals surface area contributed by atoms with Gasteiger partial charge in [-0.2, -0.15) is 0 Å². The third-order valence-electron chi connectivity index (χ3n) is 14.5. The molecule has 0 bridgehead atoms. The van der Waals surface area contributed by atoms with Crippen LogP contribution in [0.15, 0.2) is 66.7 Å². The molecule has 0 aromatic heterocycles. The molecule has 2 aliphatic carbocycles. The summed E-state index contributed by atoms with van der Waals surface area (Å²) in [5, 5.41) is 50.6. The number of ketones is 2. The standard InChI is InChI=1S/C57H79N7O12.C2H6/c1-58-47(35-37-25-28-43(65)29-26-37)54(72)62-48(36-38-24-27-39-14-6-7-15-42(39)34-38)55(73)61-46(56(74)75)21-9-11-33-60-50(67)23-5-3-2-4-22-49(66)59-32-10-8-20-44(52(70)40-16-12-17-40)63-57(76)64-45(30-31-51(68)69)53(71)41-18-13-19-41;1-2/h6-7,14-15,24-29,34,40-41,44-48,58,65H,2-5,8-13,16-23,30-33,35-36H2,1H3,(H,59,66)(H,60,67)(H,61,73)(H,62,72)(H,68,69)(H,74,75)(H2,63,64,76);1-2H3. The molecule has 19 heteroatoms. The van der Waals surface area contributed by atoms with Crippen LogP contribution in [0.5, 0.6) is 5.75 Å². The number of phenols is 1. The van der Waals surface area contributed by atoms with Crippen LogP contribution in [0.2, 0.25) is 0 Å². The number of rotatable bonds is 36. The van der Waals surface area contributed by atoms with Crippen molar-refractivity contribution in [3.05, 3.63) is 77.9 Å². The number of aromatic hydroxyl groups is 1. The Hall–Kier alpha value is -6.89. The summed E-state index contributed by atoms with van der Waals surface area (Å²) in [5.41, 5.74) is 1.56. The lowest BCUT2D eigenvalue weighted by Crippen LogP contribution is -2.56. The number of carbonyl (C=O) groups excluding carboxylic acids is 7. The number of Topliss-reactive ketones (excluding diaryl/α,β-unsaturated/α-hetero) is 2. The highest BCUT2D eigenvalue weighted by Gasteiger charge is 2.35. The fourth-order valence-electron chi connectivity index (χ4n) is 9.46. The van der Waals surface area contributed by atoms with E-state index in [0.717, 1.165) is 73.3 Å². The molecule has 5 rings (SSSR count). The van der Waals surface area contributed by atoms with Crippen molar-refractivity contribution in [3.8, 4) is 5.75 Å². The molecule has 19 nitrogen and oxygen atoms in total. The average molecular weight is 1080 g/mol. The van der Waals surface area contributed by atoms with Gasteiger partial charge in [-0.1, -0.05) is 94.1 Å². The lowest BCUT2D eigenvalue weighted by Gasteiger charge is -2.31. The van der Waals surface area contributed by atoms with Gasteiger partial charge < -0.3 is 52.5 Å². The number of amides is 6. The number of unbranched alkanes of at least 4 members (excludes halogenated alkanes) is 5. The van der Waals surface area contributed by atoms with Gasteiger partial charge in [0.1, 0.15) is 17.8 Å². The molecule has 10 N–H and O–H groups in total. The normalized spacial score (nSPS) is 15.0. The quantitative estimate of drug-likeness (QED) is 0.0277. The molecule has 0 aliphatic heterocycles. The maximum Gasteiger partial charge on any atom is 0.326 e. The third kappa shape index (κ3) is 22.6. The topological polar surface area (TPSA) is 299 Å². The van der Waals surface area contributed by atoms with E-state index in [1.165, 1.54) is 12.1 Å². The van der Waals surface area contributed by atoms with Crippen LogP contribution in [0.4, 0.5) is 4.79 Å². The van der Waals surface area contributed by atoms with Gasteiger partial charge >= 0.3 is 18.0 Å². The van der Waals surface area contributed by atoms with Crippen molar-refractivity contribution < 1.29 is 58.5 Å². The first-order chi connectivity index (χ1) is 37.6. The minimum Gasteiger partial charge on any atom is -0.508 e. The maximum atomic E-state index is 13.8. The molecule has 6 amide bonds. The SMILES string of the molecule is CC.CNC(Cc1ccc(O)cc1)C(=O)NC(Cc1ccc2ccccc2c1)C(=O)NC(CCCCNC(=O)CCCCCCC(=O)NCCCCC(NC(=O)NC(CCC(=O)O)C(=O)C1CCC1)C(=O)C1CCC1)C(=O)O. The Balaban J connectivity index is 0.00000648. The molecule has 2 aliphatic rings. The third-order valence-corrected chi connectivity index (χ3v) is 14.5. The molecule has 78 heavy (non-hydrogen) atoms. The van der Waals surface area contributed by atoms with E-state index in [1.54, 1.807) is 19.2 Å². The molecule has 0 spiro atoms. The summed E-state index contributed by atoms with van der Waals surface area (Å²) in [6.45, 7) is 4.73. The zero-order valence-corrected chi connectivity index (χ0v) is 45.9. The summed E-state index contributed by atoms with van der Waals surface area (Å²) >= 11 is 0. The summed E-state index contributed by atoms with van der Waals surface area (Å²) in [6, 6.07) is 14.6. The summed E-state index contributed by atoms with van der Waals surface area (Å²) in [6.07, 6.45) is 10.9. The van der Waals surface area contributed by atoms with Crippen molar-refractivity contribution in [1.82, 2.24) is 37.2 Å². The molecule has 3 aromatic carbocycles. The Bertz CT molecular complexity index is 2430. The van der Waals surface area contributed by atoms with E-state index in [0.29, 0.717) is 70.9 Å². The predicted molar refractivity (Wildman–Crippen MR) is 297 cm³/mol. The molecule has 5 atom stereocenters. The van der Waals surface area contributed by atoms with E-state index in [2.05, 4.69) is 37.2 Å². The van der Waals surface area contributed by atoms with Crippen molar-refractivity contribution in [3.63, 3.8) is 0 Å². The van der Waals surface area contributed by atoms with Gasteiger partial charge in [-0.3, -0.25) is 33.6 Å². The number of carboxylic acids is 2. The molecular formula is C59H85N7O12. The number of nitrogens with one attached hydrogen (secondary N) is 7. The molecule has 2 fully saturated rings. The Morgan fingerprint density at radius 1 is 0.513 bits per heavy atom. The first-order valence-electron chi connectivity index (χ1n) is 28.3. The van der Waals surface area contributed by atoms with Gasteiger partial charge in [0.05, 0.1) is 18.1 Å². The smallest absolute Gasteiger partial charge is 0.326 e. The highest BCUT2D eigenvalue weighted by Crippen LogP contribution is 2.30. The fourth-order valence-corrected chi connectivity index (χ4v) is 9.46. The Kier molecular flexibility index (Phi) is 28.4. The molecular weight excluding hydrogens is 999 g/mol. The average Bonchev–Trinajstić information content (AvgIpc) is 3.39. The molecule has 0 saturated heterocycles. The Labute approximate surface area is 459 Å². The number of urea groups is 1. The number of aliphatic carboxylic acids is 2. The summed E-state index contributed by atoms with van der Waals surface area (Å²) in [7, 11) is 1.63. The van der Waals surface area contributed by atoms with E-state index in [4.69, 9.17) is 0 Å². The largest absolute Gasteiger partial charge is 0.508 e. The number of carboxylic acid groups (broad SMARTS) is 2. The molecule has 428 valence electrons. The fraction of sp³-hybridized carbons (Fsp3) is 0.576. The summed E-state index contributed by atoms with van der Waals surface area (Å²) in [4.78, 5) is 115. The van der Waals surface area contributed by atoms with Gasteiger partial charge in [-0.15, -0.1) is 0 Å². The van der Waals surface area contributed by atoms with Gasteiger partial charge in [-0.05, 0) is 131 Å². The lowest BCUT2D eigenvalue weighted by atomic mass is 9.79. The zero-order valence-electron chi connectivity index (χ0n) is 45.9. The number of benzene rings is 3. The second-order valence-electron chi connectivity index (χ2n) is 20.4. The minimum absolute atomic E-state index is 0.0156. The summed E-state index contributed by atoms with van der Waals surface area (Å²) < 4.78 is 0. The van der Waals surface area contributed by atoms with Crippen LogP contribution in [0, 0.1) is 11.8 Å². The second-order valence-corrected chi connectivity index (χ2v) is 20.4. The van der Waals surface area contributed by atoms with Crippen molar-refractivity contribution in [2.75, 3.05) is 20.1 Å².